The van der Waals surface area contributed by atoms with Crippen LogP contribution in [0, 0.1) is 12.7 Å². The van der Waals surface area contributed by atoms with Gasteiger partial charge in [-0.1, -0.05) is 6.07 Å². The number of nitrogens with zero attached hydrogens (tertiary/aromatic N) is 1. The van der Waals surface area contributed by atoms with E-state index in [9.17, 15) is 9.18 Å². The van der Waals surface area contributed by atoms with Crippen LogP contribution in [0.25, 0.3) is 0 Å². The van der Waals surface area contributed by atoms with Crippen molar-refractivity contribution in [3.8, 4) is 5.75 Å². The number of aryl methyl sites for hydroxylation is 1. The molecule has 0 bridgehead atoms. The molecule has 2 rings (SSSR count). The lowest BCUT2D eigenvalue weighted by Gasteiger charge is -2.10. The number of hydrogen-bond acceptors (Lipinski definition) is 3. The average molecular weight is 262 g/mol. The summed E-state index contributed by atoms with van der Waals surface area (Å²) in [5.41, 5.74) is 6.63. The zero-order valence-corrected chi connectivity index (χ0v) is 10.6. The van der Waals surface area contributed by atoms with Crippen molar-refractivity contribution in [1.29, 1.82) is 0 Å². The van der Waals surface area contributed by atoms with Gasteiger partial charge in [0.25, 0.3) is 5.56 Å². The molecule has 0 saturated carbocycles. The Morgan fingerprint density at radius 2 is 2.16 bits per heavy atom. The summed E-state index contributed by atoms with van der Waals surface area (Å²) in [7, 11) is 0. The van der Waals surface area contributed by atoms with Crippen LogP contribution in [0.4, 0.5) is 10.1 Å². The van der Waals surface area contributed by atoms with Crippen LogP contribution in [0.3, 0.4) is 0 Å². The number of benzene rings is 1. The largest absolute Gasteiger partial charge is 0.489 e. The number of anilines is 1. The molecule has 5 heteroatoms. The first-order valence-electron chi connectivity index (χ1n) is 5.92. The summed E-state index contributed by atoms with van der Waals surface area (Å²) in [5, 5.41) is 0. The van der Waals surface area contributed by atoms with Gasteiger partial charge in [-0.2, -0.15) is 0 Å². The topological polar surface area (TPSA) is 57.2 Å². The molecule has 0 spiro atoms. The summed E-state index contributed by atoms with van der Waals surface area (Å²) in [4.78, 5) is 11.4. The molecule has 19 heavy (non-hydrogen) atoms. The molecule has 0 aliphatic heterocycles. The molecule has 0 aliphatic rings. The molecule has 2 aromatic rings. The van der Waals surface area contributed by atoms with Gasteiger partial charge in [-0.15, -0.1) is 0 Å². The van der Waals surface area contributed by atoms with Gasteiger partial charge in [0, 0.05) is 24.0 Å². The van der Waals surface area contributed by atoms with Crippen molar-refractivity contribution < 1.29 is 9.13 Å². The Hall–Kier alpha value is -2.30. The van der Waals surface area contributed by atoms with Crippen LogP contribution in [0.1, 0.15) is 5.56 Å². The van der Waals surface area contributed by atoms with Gasteiger partial charge >= 0.3 is 0 Å². The van der Waals surface area contributed by atoms with Crippen LogP contribution in [0.15, 0.2) is 41.3 Å². The maximum Gasteiger partial charge on any atom is 0.250 e. The first-order chi connectivity index (χ1) is 9.08. The van der Waals surface area contributed by atoms with Crippen LogP contribution < -0.4 is 16.0 Å². The summed E-state index contributed by atoms with van der Waals surface area (Å²) in [6, 6.07) is 7.68. The minimum absolute atomic E-state index is 0.111. The zero-order valence-electron chi connectivity index (χ0n) is 10.6. The molecule has 4 nitrogen and oxygen atoms in total. The first-order valence-corrected chi connectivity index (χ1v) is 5.92. The quantitative estimate of drug-likeness (QED) is 0.857. The van der Waals surface area contributed by atoms with Crippen LogP contribution in [-0.2, 0) is 6.54 Å². The molecule has 2 N–H and O–H groups in total. The molecule has 0 atom stereocenters. The van der Waals surface area contributed by atoms with Gasteiger partial charge in [0.05, 0.1) is 6.54 Å². The Morgan fingerprint density at radius 1 is 1.37 bits per heavy atom. The molecule has 1 aromatic carbocycles. The standard InChI is InChI=1S/C14H15FN2O2/c1-10-8-13(11(15)9-12(10)16)19-7-6-17-5-3-2-4-14(17)18/h2-5,8-9H,6-7,16H2,1H3. The fraction of sp³-hybridized carbons (Fsp3) is 0.214. The third-order valence-electron chi connectivity index (χ3n) is 2.81. The van der Waals surface area contributed by atoms with Gasteiger partial charge in [-0.05, 0) is 24.6 Å². The Bertz CT molecular complexity index is 638. The number of rotatable bonds is 4. The third-order valence-corrected chi connectivity index (χ3v) is 2.81. The van der Waals surface area contributed by atoms with E-state index in [4.69, 9.17) is 10.5 Å². The number of pyridine rings is 1. The van der Waals surface area contributed by atoms with Gasteiger partial charge in [0.2, 0.25) is 0 Å². The fourth-order valence-electron chi connectivity index (χ4n) is 1.68. The molecule has 100 valence electrons. The number of hydrogen-bond donors (Lipinski definition) is 1. The summed E-state index contributed by atoms with van der Waals surface area (Å²) in [5.74, 6) is -0.348. The second kappa shape index (κ2) is 5.56. The monoisotopic (exact) mass is 262 g/mol. The summed E-state index contributed by atoms with van der Waals surface area (Å²) in [6.07, 6.45) is 1.66. The molecule has 1 aromatic heterocycles. The number of halogens is 1. The van der Waals surface area contributed by atoms with Crippen molar-refractivity contribution in [2.75, 3.05) is 12.3 Å². The molecular formula is C14H15FN2O2. The number of nitrogen functional groups attached to an aromatic ring is 1. The minimum Gasteiger partial charge on any atom is -0.489 e. The highest BCUT2D eigenvalue weighted by atomic mass is 19.1. The van der Waals surface area contributed by atoms with E-state index in [-0.39, 0.29) is 17.9 Å². The van der Waals surface area contributed by atoms with Crippen molar-refractivity contribution in [2.24, 2.45) is 0 Å². The smallest absolute Gasteiger partial charge is 0.250 e. The van der Waals surface area contributed by atoms with Gasteiger partial charge in [-0.25, -0.2) is 4.39 Å². The lowest BCUT2D eigenvalue weighted by molar-refractivity contribution is 0.282. The van der Waals surface area contributed by atoms with E-state index in [0.29, 0.717) is 12.2 Å². The van der Waals surface area contributed by atoms with Crippen molar-refractivity contribution in [1.82, 2.24) is 4.57 Å². The molecule has 0 amide bonds. The Kier molecular flexibility index (Phi) is 3.85. The van der Waals surface area contributed by atoms with Gasteiger partial charge in [-0.3, -0.25) is 4.79 Å². The Morgan fingerprint density at radius 3 is 2.89 bits per heavy atom. The Labute approximate surface area is 110 Å². The summed E-state index contributed by atoms with van der Waals surface area (Å²) < 4.78 is 20.4. The van der Waals surface area contributed by atoms with Crippen LogP contribution in [0.5, 0.6) is 5.75 Å². The number of nitrogens with two attached hydrogens (primary N) is 1. The highest BCUT2D eigenvalue weighted by Crippen LogP contribution is 2.23. The second-order valence-electron chi connectivity index (χ2n) is 4.22. The van der Waals surface area contributed by atoms with E-state index in [1.54, 1.807) is 31.3 Å². The fourth-order valence-corrected chi connectivity index (χ4v) is 1.68. The van der Waals surface area contributed by atoms with E-state index in [1.165, 1.54) is 16.7 Å². The highest BCUT2D eigenvalue weighted by molar-refractivity contribution is 5.50. The zero-order chi connectivity index (χ0) is 13.8. The van der Waals surface area contributed by atoms with Gasteiger partial charge < -0.3 is 15.0 Å². The highest BCUT2D eigenvalue weighted by Gasteiger charge is 2.06. The molecular weight excluding hydrogens is 247 g/mol. The SMILES string of the molecule is Cc1cc(OCCn2ccccc2=O)c(F)cc1N. The van der Waals surface area contributed by atoms with Gasteiger partial charge in [0.15, 0.2) is 11.6 Å². The lowest BCUT2D eigenvalue weighted by Crippen LogP contribution is -2.21. The maximum absolute atomic E-state index is 13.6. The third kappa shape index (κ3) is 3.13. The van der Waals surface area contributed by atoms with E-state index in [2.05, 4.69) is 0 Å². The molecule has 0 radical (unpaired) electrons. The predicted octanol–water partition coefficient (Wildman–Crippen LogP) is 1.96. The normalized spacial score (nSPS) is 10.4. The maximum atomic E-state index is 13.6. The lowest BCUT2D eigenvalue weighted by atomic mass is 10.2. The molecule has 0 unspecified atom stereocenters. The van der Waals surface area contributed by atoms with E-state index < -0.39 is 5.82 Å². The molecule has 0 saturated heterocycles. The first kappa shape index (κ1) is 13.1. The van der Waals surface area contributed by atoms with E-state index >= 15 is 0 Å². The van der Waals surface area contributed by atoms with Crippen LogP contribution in [-0.4, -0.2) is 11.2 Å². The molecule has 0 fully saturated rings. The van der Waals surface area contributed by atoms with Crippen molar-refractivity contribution in [2.45, 2.75) is 13.5 Å². The van der Waals surface area contributed by atoms with Crippen molar-refractivity contribution in [3.05, 3.63) is 58.3 Å². The summed E-state index contributed by atoms with van der Waals surface area (Å²) in [6.45, 7) is 2.36. The van der Waals surface area contributed by atoms with E-state index in [1.807, 2.05) is 0 Å². The number of ether oxygens (including phenoxy) is 1. The minimum atomic E-state index is -0.497. The molecule has 1 heterocycles. The second-order valence-corrected chi connectivity index (χ2v) is 4.22. The summed E-state index contributed by atoms with van der Waals surface area (Å²) >= 11 is 0. The predicted molar refractivity (Wildman–Crippen MR) is 71.7 cm³/mol. The van der Waals surface area contributed by atoms with Crippen LogP contribution >= 0.6 is 0 Å². The van der Waals surface area contributed by atoms with E-state index in [0.717, 1.165) is 5.56 Å². The average Bonchev–Trinajstić information content (AvgIpc) is 2.38. The van der Waals surface area contributed by atoms with Crippen LogP contribution in [0.2, 0.25) is 0 Å². The number of aromatic nitrogens is 1. The van der Waals surface area contributed by atoms with Gasteiger partial charge in [0.1, 0.15) is 6.61 Å². The van der Waals surface area contributed by atoms with Crippen molar-refractivity contribution >= 4 is 5.69 Å². The van der Waals surface area contributed by atoms with Crippen molar-refractivity contribution in [3.63, 3.8) is 0 Å². The molecule has 0 aliphatic carbocycles. The Balaban J connectivity index is 2.02.